The summed E-state index contributed by atoms with van der Waals surface area (Å²) in [5.74, 6) is 0. The van der Waals surface area contributed by atoms with Gasteiger partial charge in [0.25, 0.3) is 0 Å². The van der Waals surface area contributed by atoms with E-state index in [1.807, 2.05) is 13.0 Å². The van der Waals surface area contributed by atoms with E-state index in [-0.39, 0.29) is 12.6 Å². The molecule has 8 heteroatoms. The van der Waals surface area contributed by atoms with Gasteiger partial charge in [0.1, 0.15) is 6.61 Å². The first-order valence-corrected chi connectivity index (χ1v) is 7.56. The summed E-state index contributed by atoms with van der Waals surface area (Å²) in [7, 11) is 0. The van der Waals surface area contributed by atoms with Gasteiger partial charge < -0.3 is 10.1 Å². The zero-order valence-electron chi connectivity index (χ0n) is 9.48. The molecule has 0 saturated carbocycles. The van der Waals surface area contributed by atoms with Crippen LogP contribution in [0.4, 0.5) is 13.2 Å². The van der Waals surface area contributed by atoms with Crippen molar-refractivity contribution >= 4 is 43.2 Å². The molecule has 0 aliphatic heterocycles. The van der Waals surface area contributed by atoms with E-state index in [0.717, 1.165) is 13.1 Å². The minimum absolute atomic E-state index is 0.00720. The van der Waals surface area contributed by atoms with Gasteiger partial charge in [-0.3, -0.25) is 0 Å². The van der Waals surface area contributed by atoms with Gasteiger partial charge in [-0.15, -0.1) is 11.3 Å². The molecule has 0 aliphatic carbocycles. The largest absolute Gasteiger partial charge is 0.411 e. The van der Waals surface area contributed by atoms with E-state index in [1.165, 1.54) is 11.3 Å². The van der Waals surface area contributed by atoms with Crippen LogP contribution in [0.5, 0.6) is 0 Å². The smallest absolute Gasteiger partial charge is 0.370 e. The Morgan fingerprint density at radius 2 is 2.11 bits per heavy atom. The second-order valence-electron chi connectivity index (χ2n) is 3.51. The third-order valence-electron chi connectivity index (χ3n) is 2.01. The van der Waals surface area contributed by atoms with Gasteiger partial charge in [0.05, 0.1) is 16.4 Å². The lowest BCUT2D eigenvalue weighted by atomic mass is 10.2. The zero-order chi connectivity index (χ0) is 13.8. The minimum atomic E-state index is -4.28. The Balaban J connectivity index is 2.60. The van der Waals surface area contributed by atoms with Crippen molar-refractivity contribution in [2.75, 3.05) is 19.8 Å². The highest BCUT2D eigenvalue weighted by atomic mass is 79.9. The van der Waals surface area contributed by atoms with Crippen LogP contribution in [0.3, 0.4) is 0 Å². The number of hydrogen-bond donors (Lipinski definition) is 1. The van der Waals surface area contributed by atoms with E-state index in [2.05, 4.69) is 37.2 Å². The molecule has 1 unspecified atom stereocenters. The Morgan fingerprint density at radius 3 is 2.56 bits per heavy atom. The molecule has 1 heterocycles. The molecular formula is C10H12Br2F3NOS. The summed E-state index contributed by atoms with van der Waals surface area (Å²) in [5, 5.41) is 3.10. The van der Waals surface area contributed by atoms with Gasteiger partial charge in [-0.25, -0.2) is 0 Å². The molecule has 1 N–H and O–H groups in total. The fourth-order valence-electron chi connectivity index (χ4n) is 1.32. The molecule has 1 atom stereocenters. The molecule has 0 spiro atoms. The molecule has 1 rings (SSSR count). The number of ether oxygens (including phenoxy) is 1. The summed E-state index contributed by atoms with van der Waals surface area (Å²) in [6.07, 6.45) is -4.28. The van der Waals surface area contributed by atoms with Gasteiger partial charge in [0.2, 0.25) is 0 Å². The molecule has 1 aromatic heterocycles. The van der Waals surface area contributed by atoms with Gasteiger partial charge in [0.15, 0.2) is 0 Å². The molecule has 0 radical (unpaired) electrons. The van der Waals surface area contributed by atoms with E-state index in [4.69, 9.17) is 4.74 Å². The first-order valence-electron chi connectivity index (χ1n) is 5.16. The molecule has 0 fully saturated rings. The Labute approximate surface area is 124 Å². The van der Waals surface area contributed by atoms with Gasteiger partial charge in [0, 0.05) is 9.35 Å². The number of hydrogen-bond acceptors (Lipinski definition) is 3. The third kappa shape index (κ3) is 5.56. The Bertz CT molecular complexity index is 364. The van der Waals surface area contributed by atoms with Crippen LogP contribution in [-0.4, -0.2) is 25.9 Å². The van der Waals surface area contributed by atoms with Crippen LogP contribution >= 0.6 is 43.2 Å². The molecule has 1 aromatic rings. The molecule has 0 aliphatic rings. The lowest BCUT2D eigenvalue weighted by Crippen LogP contribution is -2.27. The van der Waals surface area contributed by atoms with Crippen molar-refractivity contribution in [3.8, 4) is 0 Å². The monoisotopic (exact) mass is 409 g/mol. The van der Waals surface area contributed by atoms with Gasteiger partial charge >= 0.3 is 6.18 Å². The maximum atomic E-state index is 12.0. The van der Waals surface area contributed by atoms with Crippen LogP contribution in [0, 0.1) is 0 Å². The van der Waals surface area contributed by atoms with Gasteiger partial charge in [-0.05, 0) is 44.5 Å². The van der Waals surface area contributed by atoms with E-state index >= 15 is 0 Å². The molecule has 0 amide bonds. The minimum Gasteiger partial charge on any atom is -0.370 e. The number of nitrogens with one attached hydrogen (secondary N) is 1. The summed E-state index contributed by atoms with van der Waals surface area (Å²) in [4.78, 5) is 0.928. The van der Waals surface area contributed by atoms with Crippen molar-refractivity contribution in [3.63, 3.8) is 0 Å². The number of halogens is 5. The number of thiophene rings is 1. The number of alkyl halides is 3. The predicted octanol–water partition coefficient (Wildman–Crippen LogP) is 4.50. The van der Waals surface area contributed by atoms with E-state index < -0.39 is 12.8 Å². The summed E-state index contributed by atoms with van der Waals surface area (Å²) in [5.41, 5.74) is 0. The van der Waals surface area contributed by atoms with Crippen molar-refractivity contribution in [1.82, 2.24) is 5.32 Å². The maximum absolute atomic E-state index is 12.0. The fraction of sp³-hybridized carbons (Fsp3) is 0.600. The lowest BCUT2D eigenvalue weighted by molar-refractivity contribution is -0.175. The normalized spacial score (nSPS) is 13.9. The average molecular weight is 411 g/mol. The van der Waals surface area contributed by atoms with Crippen molar-refractivity contribution < 1.29 is 17.9 Å². The van der Waals surface area contributed by atoms with Crippen LogP contribution < -0.4 is 5.32 Å². The molecular weight excluding hydrogens is 399 g/mol. The SMILES string of the molecule is CCNC(COCC(F)(F)F)c1cc(Br)c(Br)s1. The molecule has 0 aromatic carbocycles. The first-order chi connectivity index (χ1) is 8.33. The highest BCUT2D eigenvalue weighted by Crippen LogP contribution is 2.35. The van der Waals surface area contributed by atoms with E-state index in [0.29, 0.717) is 6.54 Å². The van der Waals surface area contributed by atoms with Crippen molar-refractivity contribution in [3.05, 3.63) is 19.2 Å². The van der Waals surface area contributed by atoms with Crippen molar-refractivity contribution in [2.45, 2.75) is 19.1 Å². The lowest BCUT2D eigenvalue weighted by Gasteiger charge is -2.17. The first kappa shape index (κ1) is 16.4. The van der Waals surface area contributed by atoms with Crippen LogP contribution in [0.25, 0.3) is 0 Å². The summed E-state index contributed by atoms with van der Waals surface area (Å²) in [6.45, 7) is 1.33. The van der Waals surface area contributed by atoms with Gasteiger partial charge in [-0.1, -0.05) is 6.92 Å². The molecule has 104 valence electrons. The summed E-state index contributed by atoms with van der Waals surface area (Å²) < 4.78 is 42.5. The van der Waals surface area contributed by atoms with Crippen LogP contribution in [-0.2, 0) is 4.74 Å². The Kier molecular flexibility index (Phi) is 6.60. The van der Waals surface area contributed by atoms with Crippen molar-refractivity contribution in [1.29, 1.82) is 0 Å². The topological polar surface area (TPSA) is 21.3 Å². The molecule has 0 bridgehead atoms. The molecule has 18 heavy (non-hydrogen) atoms. The standard InChI is InChI=1S/C10H12Br2F3NOS/c1-2-16-7(4-17-5-10(13,14)15)8-3-6(11)9(12)18-8/h3,7,16H,2,4-5H2,1H3. The third-order valence-corrected chi connectivity index (χ3v) is 5.38. The quantitative estimate of drug-likeness (QED) is 0.745. The average Bonchev–Trinajstić information content (AvgIpc) is 2.56. The summed E-state index contributed by atoms with van der Waals surface area (Å²) in [6, 6.07) is 1.64. The second-order valence-corrected chi connectivity index (χ2v) is 6.77. The maximum Gasteiger partial charge on any atom is 0.411 e. The fourth-order valence-corrected chi connectivity index (χ4v) is 3.47. The van der Waals surface area contributed by atoms with Crippen LogP contribution in [0.15, 0.2) is 14.3 Å². The van der Waals surface area contributed by atoms with Gasteiger partial charge in [-0.2, -0.15) is 13.2 Å². The number of rotatable bonds is 6. The van der Waals surface area contributed by atoms with Crippen molar-refractivity contribution in [2.24, 2.45) is 0 Å². The van der Waals surface area contributed by atoms with Crippen LogP contribution in [0.1, 0.15) is 17.8 Å². The van der Waals surface area contributed by atoms with Crippen LogP contribution in [0.2, 0.25) is 0 Å². The highest BCUT2D eigenvalue weighted by Gasteiger charge is 2.28. The molecule has 2 nitrogen and oxygen atoms in total. The number of likely N-dealkylation sites (N-methyl/N-ethyl adjacent to an activating group) is 1. The summed E-state index contributed by atoms with van der Waals surface area (Å²) >= 11 is 8.18. The van der Waals surface area contributed by atoms with E-state index in [1.54, 1.807) is 0 Å². The Morgan fingerprint density at radius 1 is 1.44 bits per heavy atom. The Hall–Kier alpha value is 0.370. The predicted molar refractivity (Wildman–Crippen MR) is 73.0 cm³/mol. The highest BCUT2D eigenvalue weighted by molar-refractivity contribution is 9.13. The molecule has 0 saturated heterocycles. The zero-order valence-corrected chi connectivity index (χ0v) is 13.5. The second kappa shape index (κ2) is 7.23. The van der Waals surface area contributed by atoms with E-state index in [9.17, 15) is 13.2 Å².